The number of fused-ring (bicyclic) bond motifs is 1. The zero-order valence-electron chi connectivity index (χ0n) is 21.1. The lowest BCUT2D eigenvalue weighted by molar-refractivity contribution is 0.0746. The van der Waals surface area contributed by atoms with Crippen molar-refractivity contribution in [2.45, 2.75) is 46.1 Å². The normalized spacial score (nSPS) is 12.5. The van der Waals surface area contributed by atoms with E-state index in [1.807, 2.05) is 95.9 Å². The maximum Gasteiger partial charge on any atom is 0.258 e. The van der Waals surface area contributed by atoms with Crippen molar-refractivity contribution in [1.29, 1.82) is 0 Å². The summed E-state index contributed by atoms with van der Waals surface area (Å²) in [5.41, 5.74) is 5.84. The van der Waals surface area contributed by atoms with Gasteiger partial charge in [0.1, 0.15) is 24.7 Å². The van der Waals surface area contributed by atoms with E-state index in [9.17, 15) is 4.79 Å². The molecule has 0 saturated heterocycles. The highest BCUT2D eigenvalue weighted by atomic mass is 35.5. The average Bonchev–Trinajstić information content (AvgIpc) is 3.34. The molecule has 0 radical (unpaired) electrons. The van der Waals surface area contributed by atoms with Crippen LogP contribution in [0.15, 0.2) is 91.0 Å². The van der Waals surface area contributed by atoms with Gasteiger partial charge in [0.25, 0.3) is 5.91 Å². The summed E-state index contributed by atoms with van der Waals surface area (Å²) in [4.78, 5) is 15.7. The van der Waals surface area contributed by atoms with Crippen molar-refractivity contribution in [2.24, 2.45) is 0 Å². The topological polar surface area (TPSA) is 38.8 Å². The SMILES string of the molecule is CC(C)c1cc(C(=O)N2Cc3ccc(Cl)cc3C2)c(OCc2ccccc2)cc1OCc1ccccc1. The van der Waals surface area contributed by atoms with E-state index in [-0.39, 0.29) is 11.8 Å². The molecule has 1 aliphatic rings. The first-order valence-electron chi connectivity index (χ1n) is 12.6. The minimum Gasteiger partial charge on any atom is -0.488 e. The fourth-order valence-electron chi connectivity index (χ4n) is 4.59. The summed E-state index contributed by atoms with van der Waals surface area (Å²) in [6, 6.07) is 29.7. The van der Waals surface area contributed by atoms with Crippen molar-refractivity contribution in [2.75, 3.05) is 0 Å². The third kappa shape index (κ3) is 5.81. The number of benzene rings is 4. The highest BCUT2D eigenvalue weighted by Gasteiger charge is 2.28. The van der Waals surface area contributed by atoms with Gasteiger partial charge in [-0.15, -0.1) is 0 Å². The Morgan fingerprint density at radius 2 is 1.38 bits per heavy atom. The number of carbonyl (C=O) groups is 1. The van der Waals surface area contributed by atoms with Gasteiger partial charge in [0, 0.05) is 24.2 Å². The minimum absolute atomic E-state index is 0.0631. The maximum atomic E-state index is 13.9. The van der Waals surface area contributed by atoms with E-state index in [1.54, 1.807) is 0 Å². The van der Waals surface area contributed by atoms with Gasteiger partial charge >= 0.3 is 0 Å². The van der Waals surface area contributed by atoms with Gasteiger partial charge in [-0.2, -0.15) is 0 Å². The Morgan fingerprint density at radius 3 is 2.00 bits per heavy atom. The number of amides is 1. The van der Waals surface area contributed by atoms with Crippen molar-refractivity contribution in [3.63, 3.8) is 0 Å². The lowest BCUT2D eigenvalue weighted by Gasteiger charge is -2.22. The molecule has 0 saturated carbocycles. The monoisotopic (exact) mass is 511 g/mol. The van der Waals surface area contributed by atoms with Crippen LogP contribution in [0.3, 0.4) is 0 Å². The van der Waals surface area contributed by atoms with Gasteiger partial charge in [0.2, 0.25) is 0 Å². The largest absolute Gasteiger partial charge is 0.488 e. The lowest BCUT2D eigenvalue weighted by atomic mass is 9.98. The molecule has 0 atom stereocenters. The third-order valence-electron chi connectivity index (χ3n) is 6.62. The smallest absolute Gasteiger partial charge is 0.258 e. The van der Waals surface area contributed by atoms with Gasteiger partial charge in [-0.25, -0.2) is 0 Å². The van der Waals surface area contributed by atoms with E-state index in [2.05, 4.69) is 13.8 Å². The van der Waals surface area contributed by atoms with Crippen LogP contribution in [0.5, 0.6) is 11.5 Å². The molecule has 0 unspecified atom stereocenters. The molecular weight excluding hydrogens is 482 g/mol. The van der Waals surface area contributed by atoms with Gasteiger partial charge in [-0.05, 0) is 51.9 Å². The van der Waals surface area contributed by atoms with E-state index in [4.69, 9.17) is 21.1 Å². The fraction of sp³-hybridized carbons (Fsp3) is 0.219. The van der Waals surface area contributed by atoms with E-state index >= 15 is 0 Å². The molecule has 4 aromatic rings. The highest BCUT2D eigenvalue weighted by molar-refractivity contribution is 6.30. The summed E-state index contributed by atoms with van der Waals surface area (Å²) in [5.74, 6) is 1.35. The molecule has 37 heavy (non-hydrogen) atoms. The molecule has 4 aromatic carbocycles. The second kappa shape index (κ2) is 11.1. The highest BCUT2D eigenvalue weighted by Crippen LogP contribution is 2.37. The summed E-state index contributed by atoms with van der Waals surface area (Å²) in [5, 5.41) is 0.682. The van der Waals surface area contributed by atoms with Crippen LogP contribution >= 0.6 is 11.6 Å². The Kier molecular flexibility index (Phi) is 7.47. The van der Waals surface area contributed by atoms with E-state index in [1.165, 1.54) is 0 Å². The maximum absolute atomic E-state index is 13.9. The molecule has 5 rings (SSSR count). The average molecular weight is 512 g/mol. The number of ether oxygens (including phenoxy) is 2. The van der Waals surface area contributed by atoms with E-state index in [0.717, 1.165) is 33.6 Å². The Morgan fingerprint density at radius 1 is 0.784 bits per heavy atom. The molecule has 1 amide bonds. The second-order valence-electron chi connectivity index (χ2n) is 9.66. The van der Waals surface area contributed by atoms with Gasteiger partial charge < -0.3 is 14.4 Å². The van der Waals surface area contributed by atoms with Crippen LogP contribution in [0.25, 0.3) is 0 Å². The number of hydrogen-bond donors (Lipinski definition) is 0. The van der Waals surface area contributed by atoms with Gasteiger partial charge in [-0.1, -0.05) is 92.2 Å². The Labute approximate surface area is 223 Å². The van der Waals surface area contributed by atoms with E-state index in [0.29, 0.717) is 42.6 Å². The third-order valence-corrected chi connectivity index (χ3v) is 6.85. The lowest BCUT2D eigenvalue weighted by Crippen LogP contribution is -2.26. The van der Waals surface area contributed by atoms with Crippen molar-refractivity contribution in [3.8, 4) is 11.5 Å². The van der Waals surface area contributed by atoms with Gasteiger partial charge in [0.15, 0.2) is 0 Å². The molecule has 5 heteroatoms. The van der Waals surface area contributed by atoms with Crippen LogP contribution in [-0.4, -0.2) is 10.8 Å². The summed E-state index contributed by atoms with van der Waals surface area (Å²) in [6.07, 6.45) is 0. The predicted octanol–water partition coefficient (Wildman–Crippen LogP) is 7.78. The molecule has 1 heterocycles. The molecule has 188 valence electrons. The van der Waals surface area contributed by atoms with Crippen molar-refractivity contribution >= 4 is 17.5 Å². The van der Waals surface area contributed by atoms with Crippen LogP contribution in [-0.2, 0) is 26.3 Å². The summed E-state index contributed by atoms with van der Waals surface area (Å²) >= 11 is 6.20. The first-order valence-corrected chi connectivity index (χ1v) is 12.9. The molecule has 4 nitrogen and oxygen atoms in total. The Hall–Kier alpha value is -3.76. The van der Waals surface area contributed by atoms with Crippen molar-refractivity contribution in [3.05, 3.63) is 129 Å². The summed E-state index contributed by atoms with van der Waals surface area (Å²) in [6.45, 7) is 6.08. The van der Waals surface area contributed by atoms with Crippen LogP contribution in [0.1, 0.15) is 57.9 Å². The zero-order chi connectivity index (χ0) is 25.8. The quantitative estimate of drug-likeness (QED) is 0.242. The molecule has 0 spiro atoms. The van der Waals surface area contributed by atoms with Gasteiger partial charge in [0.05, 0.1) is 5.56 Å². The molecule has 0 fully saturated rings. The fourth-order valence-corrected chi connectivity index (χ4v) is 4.78. The van der Waals surface area contributed by atoms with Crippen molar-refractivity contribution < 1.29 is 14.3 Å². The molecule has 0 aromatic heterocycles. The number of rotatable bonds is 8. The predicted molar refractivity (Wildman–Crippen MR) is 147 cm³/mol. The van der Waals surface area contributed by atoms with Crippen LogP contribution in [0.2, 0.25) is 5.02 Å². The summed E-state index contributed by atoms with van der Waals surface area (Å²) < 4.78 is 12.6. The number of hydrogen-bond acceptors (Lipinski definition) is 3. The van der Waals surface area contributed by atoms with Crippen LogP contribution in [0, 0.1) is 0 Å². The van der Waals surface area contributed by atoms with Crippen LogP contribution in [0.4, 0.5) is 0 Å². The first kappa shape index (κ1) is 24.9. The van der Waals surface area contributed by atoms with Gasteiger partial charge in [-0.3, -0.25) is 4.79 Å². The number of halogens is 1. The number of nitrogens with zero attached hydrogens (tertiary/aromatic N) is 1. The minimum atomic E-state index is -0.0631. The Balaban J connectivity index is 1.47. The van der Waals surface area contributed by atoms with Crippen molar-refractivity contribution in [1.82, 2.24) is 4.90 Å². The zero-order valence-corrected chi connectivity index (χ0v) is 21.9. The van der Waals surface area contributed by atoms with E-state index < -0.39 is 0 Å². The molecule has 1 aliphatic heterocycles. The Bertz CT molecular complexity index is 1390. The molecular formula is C32H30ClNO3. The second-order valence-corrected chi connectivity index (χ2v) is 10.1. The molecule has 0 aliphatic carbocycles. The molecule has 0 N–H and O–H groups in total. The summed E-state index contributed by atoms with van der Waals surface area (Å²) in [7, 11) is 0. The van der Waals surface area contributed by atoms with Crippen LogP contribution < -0.4 is 9.47 Å². The molecule has 0 bridgehead atoms. The first-order chi connectivity index (χ1) is 18.0. The number of carbonyl (C=O) groups excluding carboxylic acids is 1. The standard InChI is InChI=1S/C32H30ClNO3/c1-22(2)28-16-29(32(35)34-18-25-13-14-27(33)15-26(25)19-34)31(37-21-24-11-7-4-8-12-24)17-30(28)36-20-23-9-5-3-6-10-23/h3-17,22H,18-21H2,1-2H3.